The topological polar surface area (TPSA) is 80.9 Å². The van der Waals surface area contributed by atoms with Gasteiger partial charge in [-0.25, -0.2) is 0 Å². The van der Waals surface area contributed by atoms with Gasteiger partial charge < -0.3 is 15.1 Å². The highest BCUT2D eigenvalue weighted by molar-refractivity contribution is 6.03. The van der Waals surface area contributed by atoms with Crippen LogP contribution in [0.2, 0.25) is 0 Å². The summed E-state index contributed by atoms with van der Waals surface area (Å²) in [6, 6.07) is 12.7. The number of rotatable bonds is 10. The molecule has 2 N–H and O–H groups in total. The molecule has 2 aromatic carbocycles. The number of carbonyl (C=O) groups is 2. The predicted molar refractivity (Wildman–Crippen MR) is 166 cm³/mol. The molecule has 0 aliphatic carbocycles. The molecular weight excluding hydrogens is 512 g/mol. The Bertz CT molecular complexity index is 1520. The Morgan fingerprint density at radius 3 is 2.10 bits per heavy atom. The zero-order valence-electron chi connectivity index (χ0n) is 24.9. The van der Waals surface area contributed by atoms with Crippen LogP contribution in [0, 0.1) is 13.8 Å². The van der Waals surface area contributed by atoms with Crippen molar-refractivity contribution in [1.29, 1.82) is 0 Å². The molecule has 0 atom stereocenters. The van der Waals surface area contributed by atoms with Crippen LogP contribution in [0.25, 0.3) is 0 Å². The molecule has 41 heavy (non-hydrogen) atoms. The van der Waals surface area contributed by atoms with Crippen molar-refractivity contribution in [1.82, 2.24) is 0 Å². The van der Waals surface area contributed by atoms with Crippen molar-refractivity contribution >= 4 is 29.0 Å². The van der Waals surface area contributed by atoms with Crippen molar-refractivity contribution in [2.75, 3.05) is 18.0 Å². The fourth-order valence-corrected chi connectivity index (χ4v) is 5.96. The Hall–Kier alpha value is -4.19. The van der Waals surface area contributed by atoms with Crippen LogP contribution in [0.4, 0.5) is 11.4 Å². The van der Waals surface area contributed by atoms with E-state index in [-0.39, 0.29) is 23.7 Å². The third-order valence-electron chi connectivity index (χ3n) is 8.15. The molecule has 0 saturated heterocycles. The van der Waals surface area contributed by atoms with E-state index in [2.05, 4.69) is 99.6 Å². The van der Waals surface area contributed by atoms with Crippen molar-refractivity contribution in [2.45, 2.75) is 65.2 Å². The largest absolute Gasteiger partial charge is 0.481 e. The lowest BCUT2D eigenvalue weighted by atomic mass is 9.81. The van der Waals surface area contributed by atoms with E-state index >= 15 is 0 Å². The van der Waals surface area contributed by atoms with Gasteiger partial charge in [-0.2, -0.15) is 4.58 Å². The molecule has 0 unspecified atom stereocenters. The standard InChI is InChI=1S/C35H40N2O4/c1-24-14-16-28-26(22-24)34(3,4)30(36(28)20-18-32(38)39)12-10-8-7-9-11-13-31-35(5,6)27-23-25(2)15-17-29(27)37(31)21-19-33(40)41/h7-17,22-23H,18-21H2,1-6H3,(H-,38,39,40,41)/p+1. The number of aryl methyl sites for hydroxylation is 2. The second kappa shape index (κ2) is 11.7. The molecule has 0 bridgehead atoms. The third-order valence-corrected chi connectivity index (χ3v) is 8.15. The van der Waals surface area contributed by atoms with Gasteiger partial charge in [0.25, 0.3) is 0 Å². The number of fused-ring (bicyclic) bond motifs is 2. The van der Waals surface area contributed by atoms with E-state index in [9.17, 15) is 19.8 Å². The molecule has 6 heteroatoms. The monoisotopic (exact) mass is 553 g/mol. The summed E-state index contributed by atoms with van der Waals surface area (Å²) in [6.07, 6.45) is 14.2. The van der Waals surface area contributed by atoms with Crippen molar-refractivity contribution in [3.8, 4) is 0 Å². The molecule has 0 saturated carbocycles. The summed E-state index contributed by atoms with van der Waals surface area (Å²) < 4.78 is 2.13. The van der Waals surface area contributed by atoms with Crippen molar-refractivity contribution in [2.24, 2.45) is 0 Å². The number of carboxylic acids is 2. The fraction of sp³-hybridized carbons (Fsp3) is 0.343. The molecule has 0 fully saturated rings. The van der Waals surface area contributed by atoms with Crippen molar-refractivity contribution in [3.05, 3.63) is 107 Å². The van der Waals surface area contributed by atoms with Gasteiger partial charge in [0, 0.05) is 41.1 Å². The summed E-state index contributed by atoms with van der Waals surface area (Å²) in [6.45, 7) is 13.7. The Balaban J connectivity index is 1.55. The molecule has 4 rings (SSSR count). The number of anilines is 1. The number of carboxylic acid groups (broad SMARTS) is 2. The van der Waals surface area contributed by atoms with Gasteiger partial charge in [0.1, 0.15) is 6.42 Å². The highest BCUT2D eigenvalue weighted by atomic mass is 16.4. The SMILES string of the molecule is Cc1ccc2c(c1)C(C)(C)C(/C=C/C=C/C=C/C=C1/N(CCC(=O)O)c3ccc(C)cc3C1(C)C)=[N+]2CCC(=O)O. The number of nitrogens with zero attached hydrogens (tertiary/aromatic N) is 2. The first kappa shape index (κ1) is 29.8. The highest BCUT2D eigenvalue weighted by Gasteiger charge is 2.44. The van der Waals surface area contributed by atoms with Gasteiger partial charge in [-0.15, -0.1) is 0 Å². The molecule has 0 radical (unpaired) electrons. The van der Waals surface area contributed by atoms with E-state index in [1.807, 2.05) is 30.4 Å². The van der Waals surface area contributed by atoms with Crippen LogP contribution in [0.1, 0.15) is 62.8 Å². The summed E-state index contributed by atoms with van der Waals surface area (Å²) in [7, 11) is 0. The number of hydrogen-bond donors (Lipinski definition) is 2. The van der Waals surface area contributed by atoms with E-state index in [0.717, 1.165) is 22.8 Å². The van der Waals surface area contributed by atoms with Crippen LogP contribution in [0.3, 0.4) is 0 Å². The fourth-order valence-electron chi connectivity index (χ4n) is 5.96. The van der Waals surface area contributed by atoms with E-state index in [0.29, 0.717) is 13.1 Å². The third kappa shape index (κ3) is 6.12. The van der Waals surface area contributed by atoms with Crippen molar-refractivity contribution in [3.63, 3.8) is 0 Å². The molecule has 214 valence electrons. The lowest BCUT2D eigenvalue weighted by Crippen LogP contribution is -2.28. The van der Waals surface area contributed by atoms with Gasteiger partial charge in [-0.1, -0.05) is 73.6 Å². The van der Waals surface area contributed by atoms with Gasteiger partial charge in [0.2, 0.25) is 5.69 Å². The summed E-state index contributed by atoms with van der Waals surface area (Å²) >= 11 is 0. The van der Waals surface area contributed by atoms with Crippen LogP contribution >= 0.6 is 0 Å². The summed E-state index contributed by atoms with van der Waals surface area (Å²) in [5, 5.41) is 18.6. The Labute approximate surface area is 243 Å². The first-order valence-corrected chi connectivity index (χ1v) is 14.1. The molecule has 2 aromatic rings. The number of benzene rings is 2. The van der Waals surface area contributed by atoms with Gasteiger partial charge in [0.05, 0.1) is 11.8 Å². The Morgan fingerprint density at radius 2 is 1.41 bits per heavy atom. The molecule has 0 spiro atoms. The Kier molecular flexibility index (Phi) is 8.52. The van der Waals surface area contributed by atoms with Crippen LogP contribution in [0.5, 0.6) is 0 Å². The molecule has 0 aromatic heterocycles. The normalized spacial score (nSPS) is 18.3. The highest BCUT2D eigenvalue weighted by Crippen LogP contribution is 2.48. The quantitative estimate of drug-likeness (QED) is 0.245. The van der Waals surface area contributed by atoms with Gasteiger partial charge >= 0.3 is 11.9 Å². The number of aliphatic carboxylic acids is 2. The minimum atomic E-state index is -0.809. The summed E-state index contributed by atoms with van der Waals surface area (Å²) in [4.78, 5) is 24.8. The molecular formula is C35H41N2O4+. The van der Waals surface area contributed by atoms with Crippen molar-refractivity contribution < 1.29 is 24.4 Å². The second-order valence-corrected chi connectivity index (χ2v) is 11.9. The van der Waals surface area contributed by atoms with Crippen LogP contribution in [-0.2, 0) is 20.4 Å². The van der Waals surface area contributed by atoms with Gasteiger partial charge in [-0.05, 0) is 51.5 Å². The lowest BCUT2D eigenvalue weighted by Gasteiger charge is -2.26. The zero-order valence-corrected chi connectivity index (χ0v) is 24.9. The average molecular weight is 554 g/mol. The zero-order chi connectivity index (χ0) is 29.9. The molecule has 2 aliphatic heterocycles. The maximum absolute atomic E-state index is 11.3. The molecule has 2 heterocycles. The minimum Gasteiger partial charge on any atom is -0.481 e. The summed E-state index contributed by atoms with van der Waals surface area (Å²) in [5.74, 6) is -1.62. The van der Waals surface area contributed by atoms with Crippen LogP contribution in [0.15, 0.2) is 84.6 Å². The van der Waals surface area contributed by atoms with E-state index < -0.39 is 11.9 Å². The van der Waals surface area contributed by atoms with Crippen LogP contribution < -0.4 is 4.90 Å². The maximum atomic E-state index is 11.3. The van der Waals surface area contributed by atoms with E-state index in [4.69, 9.17) is 0 Å². The smallest absolute Gasteiger partial charge is 0.309 e. The van der Waals surface area contributed by atoms with E-state index in [1.54, 1.807) is 0 Å². The molecule has 6 nitrogen and oxygen atoms in total. The molecule has 0 amide bonds. The lowest BCUT2D eigenvalue weighted by molar-refractivity contribution is -0.436. The predicted octanol–water partition coefficient (Wildman–Crippen LogP) is 6.98. The first-order valence-electron chi connectivity index (χ1n) is 14.1. The average Bonchev–Trinajstić information content (AvgIpc) is 3.23. The first-order chi connectivity index (χ1) is 19.3. The minimum absolute atomic E-state index is 0.0667. The summed E-state index contributed by atoms with van der Waals surface area (Å²) in [5.41, 5.74) is 8.58. The molecule has 2 aliphatic rings. The number of hydrogen-bond acceptors (Lipinski definition) is 3. The van der Waals surface area contributed by atoms with Gasteiger partial charge in [0.15, 0.2) is 12.3 Å². The van der Waals surface area contributed by atoms with E-state index in [1.165, 1.54) is 22.3 Å². The maximum Gasteiger partial charge on any atom is 0.309 e. The number of allylic oxidation sites excluding steroid dienone is 8. The van der Waals surface area contributed by atoms with Crippen LogP contribution in [-0.4, -0.2) is 45.5 Å². The second-order valence-electron chi connectivity index (χ2n) is 11.9. The Morgan fingerprint density at radius 1 is 0.805 bits per heavy atom. The van der Waals surface area contributed by atoms with Gasteiger partial charge in [-0.3, -0.25) is 9.59 Å².